The Hall–Kier alpha value is -2.01. The maximum atomic E-state index is 12.4. The molecule has 0 aromatic carbocycles. The van der Waals surface area contributed by atoms with Crippen LogP contribution in [0.1, 0.15) is 33.1 Å². The van der Waals surface area contributed by atoms with Crippen molar-refractivity contribution in [3.8, 4) is 0 Å². The number of hydrogen-bond donors (Lipinski definition) is 2. The molecule has 0 fully saturated rings. The van der Waals surface area contributed by atoms with Crippen LogP contribution in [0.2, 0.25) is 0 Å². The minimum atomic E-state index is -0.878. The molecule has 2 N–H and O–H groups in total. The van der Waals surface area contributed by atoms with E-state index < -0.39 is 17.9 Å². The van der Waals surface area contributed by atoms with Crippen LogP contribution in [0.3, 0.4) is 0 Å². The quantitative estimate of drug-likeness (QED) is 0.663. The second-order valence-electron chi connectivity index (χ2n) is 5.87. The highest BCUT2D eigenvalue weighted by Gasteiger charge is 2.32. The lowest BCUT2D eigenvalue weighted by Gasteiger charge is -2.25. The van der Waals surface area contributed by atoms with Crippen molar-refractivity contribution in [3.63, 3.8) is 0 Å². The van der Waals surface area contributed by atoms with Crippen LogP contribution in [0.25, 0.3) is 0 Å². The molecule has 118 valence electrons. The number of allylic oxidation sites excluding steroid dienone is 5. The van der Waals surface area contributed by atoms with E-state index in [1.54, 1.807) is 19.1 Å². The third-order valence-corrected chi connectivity index (χ3v) is 4.12. The molecule has 1 unspecified atom stereocenters. The Labute approximate surface area is 129 Å². The first kappa shape index (κ1) is 16.4. The SMILES string of the molecule is CC1=CC=CCC[C@@H]2C[C@H](O)C=C(NC(=O)C(C)C1=O)C2=O. The molecule has 22 heavy (non-hydrogen) atoms. The fourth-order valence-electron chi connectivity index (χ4n) is 2.70. The number of Topliss-reactive ketones (excluding diaryl/α,β-unsaturated/α-hetero) is 2. The van der Waals surface area contributed by atoms with Crippen molar-refractivity contribution in [2.45, 2.75) is 39.2 Å². The van der Waals surface area contributed by atoms with Crippen molar-refractivity contribution < 1.29 is 19.5 Å². The van der Waals surface area contributed by atoms with Crippen LogP contribution in [0.5, 0.6) is 0 Å². The molecule has 0 aromatic rings. The number of carbonyl (C=O) groups is 3. The smallest absolute Gasteiger partial charge is 0.235 e. The lowest BCUT2D eigenvalue weighted by molar-refractivity contribution is -0.132. The Morgan fingerprint density at radius 3 is 2.68 bits per heavy atom. The van der Waals surface area contributed by atoms with Crippen LogP contribution in [0.15, 0.2) is 35.6 Å². The van der Waals surface area contributed by atoms with Crippen LogP contribution >= 0.6 is 0 Å². The maximum Gasteiger partial charge on any atom is 0.235 e. The summed E-state index contributed by atoms with van der Waals surface area (Å²) in [5, 5.41) is 12.4. The molecule has 0 radical (unpaired) electrons. The van der Waals surface area contributed by atoms with E-state index in [0.717, 1.165) is 0 Å². The maximum absolute atomic E-state index is 12.4. The van der Waals surface area contributed by atoms with E-state index in [0.29, 0.717) is 24.8 Å². The summed E-state index contributed by atoms with van der Waals surface area (Å²) in [6, 6.07) is 0. The highest BCUT2D eigenvalue weighted by molar-refractivity contribution is 6.11. The van der Waals surface area contributed by atoms with E-state index in [-0.39, 0.29) is 23.2 Å². The number of rotatable bonds is 0. The molecule has 2 rings (SSSR count). The first-order valence-electron chi connectivity index (χ1n) is 7.52. The Morgan fingerprint density at radius 2 is 1.95 bits per heavy atom. The van der Waals surface area contributed by atoms with Crippen molar-refractivity contribution in [1.82, 2.24) is 5.32 Å². The van der Waals surface area contributed by atoms with E-state index >= 15 is 0 Å². The molecule has 0 saturated carbocycles. The van der Waals surface area contributed by atoms with Gasteiger partial charge in [-0.1, -0.05) is 18.2 Å². The molecule has 2 bridgehead atoms. The van der Waals surface area contributed by atoms with Crippen LogP contribution < -0.4 is 5.32 Å². The van der Waals surface area contributed by atoms with Crippen molar-refractivity contribution in [2.75, 3.05) is 0 Å². The standard InChI is InChI=1S/C17H21NO4/c1-10-6-4-3-5-7-12-8-13(19)9-14(16(12)21)18-17(22)11(2)15(10)20/h3-4,6,9,11-13,19H,5,7-8H2,1-2H3,(H,18,22)/t11?,12-,13+/m1/s1. The van der Waals surface area contributed by atoms with Gasteiger partial charge in [0, 0.05) is 5.92 Å². The van der Waals surface area contributed by atoms with Gasteiger partial charge >= 0.3 is 0 Å². The zero-order valence-electron chi connectivity index (χ0n) is 12.8. The molecule has 5 heteroatoms. The average molecular weight is 303 g/mol. The third kappa shape index (κ3) is 3.60. The molecule has 0 spiro atoms. The van der Waals surface area contributed by atoms with E-state index in [4.69, 9.17) is 0 Å². The number of carbonyl (C=O) groups excluding carboxylic acids is 3. The zero-order valence-corrected chi connectivity index (χ0v) is 12.8. The number of nitrogens with one attached hydrogen (secondary N) is 1. The summed E-state index contributed by atoms with van der Waals surface area (Å²) in [7, 11) is 0. The van der Waals surface area contributed by atoms with Gasteiger partial charge in [0.15, 0.2) is 11.6 Å². The summed E-state index contributed by atoms with van der Waals surface area (Å²) in [5.41, 5.74) is 0.611. The van der Waals surface area contributed by atoms with Crippen molar-refractivity contribution in [1.29, 1.82) is 0 Å². The van der Waals surface area contributed by atoms with Gasteiger partial charge in [0.2, 0.25) is 5.91 Å². The third-order valence-electron chi connectivity index (χ3n) is 4.12. The summed E-state index contributed by atoms with van der Waals surface area (Å²) < 4.78 is 0. The first-order valence-corrected chi connectivity index (χ1v) is 7.52. The molecule has 1 aliphatic heterocycles. The second kappa shape index (κ2) is 6.83. The van der Waals surface area contributed by atoms with E-state index in [1.807, 2.05) is 6.08 Å². The second-order valence-corrected chi connectivity index (χ2v) is 5.87. The number of ketones is 2. The lowest BCUT2D eigenvalue weighted by atomic mass is 9.85. The molecule has 1 heterocycles. The van der Waals surface area contributed by atoms with Crippen LogP contribution in [0.4, 0.5) is 0 Å². The lowest BCUT2D eigenvalue weighted by Crippen LogP contribution is -2.40. The van der Waals surface area contributed by atoms with E-state index in [2.05, 4.69) is 5.32 Å². The van der Waals surface area contributed by atoms with Gasteiger partial charge in [-0.2, -0.15) is 0 Å². The van der Waals surface area contributed by atoms with Gasteiger partial charge in [-0.25, -0.2) is 0 Å². The summed E-state index contributed by atoms with van der Waals surface area (Å²) in [6.45, 7) is 3.18. The van der Waals surface area contributed by atoms with Gasteiger partial charge in [-0.15, -0.1) is 0 Å². The van der Waals surface area contributed by atoms with Gasteiger partial charge in [0.05, 0.1) is 17.7 Å². The average Bonchev–Trinajstić information content (AvgIpc) is 2.48. The van der Waals surface area contributed by atoms with Crippen LogP contribution in [0, 0.1) is 11.8 Å². The summed E-state index contributed by atoms with van der Waals surface area (Å²) in [6.07, 6.45) is 7.63. The highest BCUT2D eigenvalue weighted by Crippen LogP contribution is 2.25. The molecule has 1 aliphatic carbocycles. The fourth-order valence-corrected chi connectivity index (χ4v) is 2.70. The monoisotopic (exact) mass is 303 g/mol. The van der Waals surface area contributed by atoms with E-state index in [1.165, 1.54) is 13.0 Å². The Kier molecular flexibility index (Phi) is 5.08. The minimum absolute atomic E-state index is 0.109. The van der Waals surface area contributed by atoms with Gasteiger partial charge in [0.25, 0.3) is 0 Å². The molecular formula is C17H21NO4. The summed E-state index contributed by atoms with van der Waals surface area (Å²) >= 11 is 0. The van der Waals surface area contributed by atoms with Gasteiger partial charge in [-0.05, 0) is 44.8 Å². The molecule has 2 aliphatic rings. The van der Waals surface area contributed by atoms with E-state index in [9.17, 15) is 19.5 Å². The Balaban J connectivity index is 2.33. The van der Waals surface area contributed by atoms with Crippen LogP contribution in [-0.4, -0.2) is 28.7 Å². The molecular weight excluding hydrogens is 282 g/mol. The summed E-state index contributed by atoms with van der Waals surface area (Å²) in [4.78, 5) is 36.7. The molecule has 5 nitrogen and oxygen atoms in total. The highest BCUT2D eigenvalue weighted by atomic mass is 16.3. The topological polar surface area (TPSA) is 83.5 Å². The number of aliphatic hydroxyl groups excluding tert-OH is 1. The van der Waals surface area contributed by atoms with Gasteiger partial charge < -0.3 is 10.4 Å². The number of fused-ring (bicyclic) bond motifs is 2. The molecule has 1 amide bonds. The van der Waals surface area contributed by atoms with Gasteiger partial charge in [-0.3, -0.25) is 14.4 Å². The Bertz CT molecular complexity index is 585. The largest absolute Gasteiger partial charge is 0.389 e. The van der Waals surface area contributed by atoms with Gasteiger partial charge in [0.1, 0.15) is 0 Å². The van der Waals surface area contributed by atoms with Crippen molar-refractivity contribution >= 4 is 17.5 Å². The molecule has 3 atom stereocenters. The number of aliphatic hydroxyl groups is 1. The number of amides is 1. The number of hydrogen-bond acceptors (Lipinski definition) is 4. The van der Waals surface area contributed by atoms with Crippen molar-refractivity contribution in [3.05, 3.63) is 35.6 Å². The summed E-state index contributed by atoms with van der Waals surface area (Å²) in [5.74, 6) is -2.15. The zero-order chi connectivity index (χ0) is 16.3. The minimum Gasteiger partial charge on any atom is -0.389 e. The predicted octanol–water partition coefficient (Wildman–Crippen LogP) is 1.44. The molecule has 0 aromatic heterocycles. The normalized spacial score (nSPS) is 30.5. The fraction of sp³-hybridized carbons (Fsp3) is 0.471. The van der Waals surface area contributed by atoms with Crippen molar-refractivity contribution in [2.24, 2.45) is 11.8 Å². The Morgan fingerprint density at radius 1 is 1.23 bits per heavy atom. The van der Waals surface area contributed by atoms with Crippen LogP contribution in [-0.2, 0) is 14.4 Å². The first-order chi connectivity index (χ1) is 10.4. The predicted molar refractivity (Wildman–Crippen MR) is 81.6 cm³/mol. The molecule has 0 saturated heterocycles.